The molecule has 0 spiro atoms. The lowest BCUT2D eigenvalue weighted by Crippen LogP contribution is -1.83. The molecule has 0 aliphatic rings. The fourth-order valence-electron chi connectivity index (χ4n) is 0.974. The van der Waals surface area contributed by atoms with E-state index in [9.17, 15) is 4.57 Å². The van der Waals surface area contributed by atoms with E-state index in [1.54, 1.807) is 0 Å². The van der Waals surface area contributed by atoms with Crippen LogP contribution in [0.4, 0.5) is 0 Å². The minimum atomic E-state index is -1.54. The Kier molecular flexibility index (Phi) is 4.57. The number of rotatable bonds is 4. The Hall–Kier alpha value is -0.240. The van der Waals surface area contributed by atoms with Gasteiger partial charge in [0.1, 0.15) is 0 Å². The van der Waals surface area contributed by atoms with Crippen molar-refractivity contribution in [3.8, 4) is 0 Å². The van der Waals surface area contributed by atoms with Crippen LogP contribution in [-0.2, 0) is 15.3 Å². The van der Waals surface area contributed by atoms with Gasteiger partial charge in [-0.1, -0.05) is 28.1 Å². The minimum Gasteiger partial charge on any atom is -0.146 e. The van der Waals surface area contributed by atoms with Gasteiger partial charge in [0, 0.05) is 10.0 Å². The van der Waals surface area contributed by atoms with Crippen LogP contribution in [0.5, 0.6) is 0 Å². The topological polar surface area (TPSA) is 26.3 Å². The fraction of sp³-hybridized carbons (Fsp3) is 0.333. The second-order valence-corrected chi connectivity index (χ2v) is 4.69. The van der Waals surface area contributed by atoms with E-state index < -0.39 is 8.03 Å². The number of benzene rings is 1. The molecule has 0 N–H and O–H groups in total. The first-order valence-corrected chi connectivity index (χ1v) is 6.20. The van der Waals surface area contributed by atoms with Crippen LogP contribution in [0.1, 0.15) is 12.5 Å². The van der Waals surface area contributed by atoms with Crippen molar-refractivity contribution in [3.63, 3.8) is 0 Å². The van der Waals surface area contributed by atoms with Crippen molar-refractivity contribution >= 4 is 24.0 Å². The van der Waals surface area contributed by atoms with Gasteiger partial charge in [-0.25, -0.2) is 0 Å². The predicted octanol–water partition coefficient (Wildman–Crippen LogP) is 3.73. The zero-order chi connectivity index (χ0) is 9.68. The van der Waals surface area contributed by atoms with Crippen LogP contribution in [0.3, 0.4) is 0 Å². The Labute approximate surface area is 87.3 Å². The molecule has 1 aromatic rings. The summed E-state index contributed by atoms with van der Waals surface area (Å²) in [7, 11) is -1.54. The van der Waals surface area contributed by atoms with Gasteiger partial charge >= 0.3 is 8.03 Å². The molecule has 0 heterocycles. The number of hydrogen-bond donors (Lipinski definition) is 0. The van der Waals surface area contributed by atoms with Gasteiger partial charge in [-0.2, -0.15) is 0 Å². The van der Waals surface area contributed by atoms with Gasteiger partial charge in [-0.05, 0) is 23.6 Å². The molecule has 0 fully saturated rings. The van der Waals surface area contributed by atoms with E-state index in [0.29, 0.717) is 12.8 Å². The monoisotopic (exact) mass is 261 g/mol. The highest BCUT2D eigenvalue weighted by Gasteiger charge is 2.16. The van der Waals surface area contributed by atoms with Crippen molar-refractivity contribution in [2.45, 2.75) is 13.1 Å². The van der Waals surface area contributed by atoms with Crippen LogP contribution in [0.25, 0.3) is 0 Å². The molecule has 0 bridgehead atoms. The average Bonchev–Trinajstić information content (AvgIpc) is 2.04. The van der Waals surface area contributed by atoms with Crippen molar-refractivity contribution in [1.29, 1.82) is 0 Å². The molecule has 2 nitrogen and oxygen atoms in total. The van der Waals surface area contributed by atoms with E-state index in [1.807, 2.05) is 31.2 Å². The van der Waals surface area contributed by atoms with E-state index in [-0.39, 0.29) is 0 Å². The summed E-state index contributed by atoms with van der Waals surface area (Å²) in [6, 6.07) is 7.76. The molecule has 1 aromatic carbocycles. The molecular weight excluding hydrogens is 251 g/mol. The summed E-state index contributed by atoms with van der Waals surface area (Å²) >= 11 is 3.36. The summed E-state index contributed by atoms with van der Waals surface area (Å²) in [5, 5.41) is 0. The molecule has 0 amide bonds. The standard InChI is InChI=1S/C9H11BrO2P/c1-2-12-13(11)7-8-4-3-5-9(10)6-8/h3-6H,2,7H2,1H3/q+1. The van der Waals surface area contributed by atoms with Crippen molar-refractivity contribution in [2.75, 3.05) is 6.61 Å². The Morgan fingerprint density at radius 1 is 1.54 bits per heavy atom. The van der Waals surface area contributed by atoms with Gasteiger partial charge in [0.05, 0.1) is 6.61 Å². The molecular formula is C9H11BrO2P+. The summed E-state index contributed by atoms with van der Waals surface area (Å²) in [4.78, 5) is 0. The SMILES string of the molecule is CCO[P+](=O)Cc1cccc(Br)c1. The third kappa shape index (κ3) is 3.99. The summed E-state index contributed by atoms with van der Waals surface area (Å²) in [6.45, 7) is 2.34. The van der Waals surface area contributed by atoms with Gasteiger partial charge in [0.15, 0.2) is 0 Å². The molecule has 0 saturated carbocycles. The Bertz CT molecular complexity index is 301. The molecule has 1 rings (SSSR count). The highest BCUT2D eigenvalue weighted by Crippen LogP contribution is 2.28. The Balaban J connectivity index is 2.58. The predicted molar refractivity (Wildman–Crippen MR) is 57.1 cm³/mol. The zero-order valence-electron chi connectivity index (χ0n) is 7.37. The summed E-state index contributed by atoms with van der Waals surface area (Å²) in [5.74, 6) is 0. The van der Waals surface area contributed by atoms with Crippen LogP contribution in [-0.4, -0.2) is 6.61 Å². The number of halogens is 1. The maximum absolute atomic E-state index is 11.2. The largest absolute Gasteiger partial charge is 0.512 e. The van der Waals surface area contributed by atoms with Crippen LogP contribution >= 0.6 is 24.0 Å². The van der Waals surface area contributed by atoms with Gasteiger partial charge in [-0.15, -0.1) is 4.52 Å². The van der Waals surface area contributed by atoms with E-state index in [1.165, 1.54) is 0 Å². The smallest absolute Gasteiger partial charge is 0.146 e. The van der Waals surface area contributed by atoms with Gasteiger partial charge in [-0.3, -0.25) is 0 Å². The molecule has 0 radical (unpaired) electrons. The Morgan fingerprint density at radius 3 is 2.92 bits per heavy atom. The Morgan fingerprint density at radius 2 is 2.31 bits per heavy atom. The molecule has 0 saturated heterocycles. The van der Waals surface area contributed by atoms with Gasteiger partial charge in [0.25, 0.3) is 0 Å². The van der Waals surface area contributed by atoms with Crippen molar-refractivity contribution in [2.24, 2.45) is 0 Å². The maximum Gasteiger partial charge on any atom is 0.512 e. The first-order valence-electron chi connectivity index (χ1n) is 4.04. The highest BCUT2D eigenvalue weighted by molar-refractivity contribution is 9.10. The summed E-state index contributed by atoms with van der Waals surface area (Å²) in [5.41, 5.74) is 1.03. The van der Waals surface area contributed by atoms with E-state index in [4.69, 9.17) is 4.52 Å². The molecule has 4 heteroatoms. The molecule has 13 heavy (non-hydrogen) atoms. The first-order chi connectivity index (χ1) is 6.22. The third-order valence-corrected chi connectivity index (χ3v) is 3.14. The lowest BCUT2D eigenvalue weighted by atomic mass is 10.2. The minimum absolute atomic E-state index is 0.489. The summed E-state index contributed by atoms with van der Waals surface area (Å²) < 4.78 is 17.2. The number of hydrogen-bond acceptors (Lipinski definition) is 2. The molecule has 1 atom stereocenters. The maximum atomic E-state index is 11.2. The lowest BCUT2D eigenvalue weighted by Gasteiger charge is -1.92. The lowest BCUT2D eigenvalue weighted by molar-refractivity contribution is 0.350. The van der Waals surface area contributed by atoms with Gasteiger partial charge in [0.2, 0.25) is 6.16 Å². The highest BCUT2D eigenvalue weighted by atomic mass is 79.9. The van der Waals surface area contributed by atoms with Crippen molar-refractivity contribution < 1.29 is 9.09 Å². The first kappa shape index (κ1) is 10.8. The quantitative estimate of drug-likeness (QED) is 0.773. The zero-order valence-corrected chi connectivity index (χ0v) is 9.85. The molecule has 70 valence electrons. The third-order valence-electron chi connectivity index (χ3n) is 1.47. The van der Waals surface area contributed by atoms with E-state index in [2.05, 4.69) is 15.9 Å². The van der Waals surface area contributed by atoms with Crippen molar-refractivity contribution in [1.82, 2.24) is 0 Å². The molecule has 1 unspecified atom stereocenters. The molecule has 0 aliphatic heterocycles. The normalized spacial score (nSPS) is 11.4. The molecule has 0 aliphatic carbocycles. The summed E-state index contributed by atoms with van der Waals surface area (Å²) in [6.07, 6.45) is 0.489. The second-order valence-electron chi connectivity index (χ2n) is 2.54. The second kappa shape index (κ2) is 5.48. The van der Waals surface area contributed by atoms with E-state index >= 15 is 0 Å². The van der Waals surface area contributed by atoms with Crippen LogP contribution in [0, 0.1) is 0 Å². The fourth-order valence-corrected chi connectivity index (χ4v) is 2.29. The van der Waals surface area contributed by atoms with Crippen LogP contribution in [0.15, 0.2) is 28.7 Å². The van der Waals surface area contributed by atoms with Crippen molar-refractivity contribution in [3.05, 3.63) is 34.3 Å². The molecule has 0 aromatic heterocycles. The average molecular weight is 262 g/mol. The van der Waals surface area contributed by atoms with Gasteiger partial charge < -0.3 is 0 Å². The van der Waals surface area contributed by atoms with Crippen LogP contribution < -0.4 is 0 Å². The van der Waals surface area contributed by atoms with E-state index in [0.717, 1.165) is 10.0 Å². The van der Waals surface area contributed by atoms with Crippen LogP contribution in [0.2, 0.25) is 0 Å².